The highest BCUT2D eigenvalue weighted by molar-refractivity contribution is 6.36. The maximum atomic E-state index is 12.5. The van der Waals surface area contributed by atoms with Gasteiger partial charge in [-0.05, 0) is 6.07 Å². The minimum atomic E-state index is -0.170. The van der Waals surface area contributed by atoms with Crippen LogP contribution in [-0.2, 0) is 0 Å². The monoisotopic (exact) mass is 290 g/mol. The molecule has 1 amide bonds. The molecule has 1 saturated heterocycles. The molecule has 0 spiro atoms. The molecule has 0 bridgehead atoms. The van der Waals surface area contributed by atoms with E-state index in [1.807, 2.05) is 18.2 Å². The van der Waals surface area contributed by atoms with Gasteiger partial charge in [0.05, 0.1) is 5.56 Å². The van der Waals surface area contributed by atoms with Crippen molar-refractivity contribution in [2.24, 2.45) is 0 Å². The lowest BCUT2D eigenvalue weighted by Gasteiger charge is -2.28. The lowest BCUT2D eigenvalue weighted by atomic mass is 10.0. The average molecular weight is 291 g/mol. The Morgan fingerprint density at radius 3 is 2.55 bits per heavy atom. The van der Waals surface area contributed by atoms with Crippen LogP contribution < -0.4 is 5.32 Å². The molecule has 1 heterocycles. The lowest BCUT2D eigenvalue weighted by Crippen LogP contribution is -2.46. The van der Waals surface area contributed by atoms with E-state index >= 15 is 0 Å². The van der Waals surface area contributed by atoms with Crippen molar-refractivity contribution < 1.29 is 9.90 Å². The molecule has 0 atom stereocenters. The molecular formula is C15H15ClN2O2. The van der Waals surface area contributed by atoms with Gasteiger partial charge in [-0.15, -0.1) is 0 Å². The van der Waals surface area contributed by atoms with Crippen LogP contribution in [0.3, 0.4) is 0 Å². The zero-order valence-corrected chi connectivity index (χ0v) is 11.7. The summed E-state index contributed by atoms with van der Waals surface area (Å²) in [4.78, 5) is 14.2. The van der Waals surface area contributed by atoms with E-state index in [0.29, 0.717) is 23.5 Å². The van der Waals surface area contributed by atoms with Gasteiger partial charge in [-0.3, -0.25) is 4.79 Å². The number of nitrogens with one attached hydrogen (secondary N) is 1. The van der Waals surface area contributed by atoms with Crippen molar-refractivity contribution in [3.8, 4) is 5.75 Å². The van der Waals surface area contributed by atoms with Gasteiger partial charge in [-0.25, -0.2) is 0 Å². The number of piperazine rings is 1. The SMILES string of the molecule is O=C(c1cc(Cl)c2ccccc2c1O)N1CCNCC1. The number of carbonyl (C=O) groups excluding carboxylic acids is 1. The summed E-state index contributed by atoms with van der Waals surface area (Å²) in [5, 5.41) is 15.4. The number of phenols is 1. The molecule has 1 aliphatic heterocycles. The first-order valence-corrected chi connectivity index (χ1v) is 6.96. The number of amides is 1. The number of hydrogen-bond donors (Lipinski definition) is 2. The molecule has 0 aromatic heterocycles. The van der Waals surface area contributed by atoms with Crippen LogP contribution in [0.4, 0.5) is 0 Å². The van der Waals surface area contributed by atoms with Gasteiger partial charge in [0.25, 0.3) is 5.91 Å². The van der Waals surface area contributed by atoms with Crippen molar-refractivity contribution in [3.05, 3.63) is 40.9 Å². The van der Waals surface area contributed by atoms with Crippen molar-refractivity contribution in [2.45, 2.75) is 0 Å². The van der Waals surface area contributed by atoms with E-state index in [9.17, 15) is 9.90 Å². The van der Waals surface area contributed by atoms with Crippen molar-refractivity contribution in [1.82, 2.24) is 10.2 Å². The Hall–Kier alpha value is -1.78. The fourth-order valence-corrected chi connectivity index (χ4v) is 2.79. The Balaban J connectivity index is 2.07. The third-order valence-electron chi connectivity index (χ3n) is 3.60. The topological polar surface area (TPSA) is 52.6 Å². The molecule has 1 fully saturated rings. The van der Waals surface area contributed by atoms with Crippen molar-refractivity contribution in [2.75, 3.05) is 26.2 Å². The summed E-state index contributed by atoms with van der Waals surface area (Å²) in [6.45, 7) is 2.83. The summed E-state index contributed by atoms with van der Waals surface area (Å²) in [5.41, 5.74) is 0.274. The van der Waals surface area contributed by atoms with E-state index in [4.69, 9.17) is 11.6 Å². The smallest absolute Gasteiger partial charge is 0.257 e. The molecule has 104 valence electrons. The number of hydrogen-bond acceptors (Lipinski definition) is 3. The molecule has 4 nitrogen and oxygen atoms in total. The summed E-state index contributed by atoms with van der Waals surface area (Å²) >= 11 is 6.22. The minimum absolute atomic E-state index is 0.00790. The summed E-state index contributed by atoms with van der Waals surface area (Å²) in [6.07, 6.45) is 0. The maximum Gasteiger partial charge on any atom is 0.257 e. The summed E-state index contributed by atoms with van der Waals surface area (Å²) in [7, 11) is 0. The molecule has 0 radical (unpaired) electrons. The zero-order chi connectivity index (χ0) is 14.1. The summed E-state index contributed by atoms with van der Waals surface area (Å²) in [5.74, 6) is -0.162. The molecular weight excluding hydrogens is 276 g/mol. The number of rotatable bonds is 1. The second-order valence-electron chi connectivity index (χ2n) is 4.84. The second-order valence-corrected chi connectivity index (χ2v) is 5.25. The highest BCUT2D eigenvalue weighted by Crippen LogP contribution is 2.34. The van der Waals surface area contributed by atoms with Crippen LogP contribution in [0.25, 0.3) is 10.8 Å². The average Bonchev–Trinajstić information content (AvgIpc) is 2.51. The number of fused-ring (bicyclic) bond motifs is 1. The third-order valence-corrected chi connectivity index (χ3v) is 3.91. The largest absolute Gasteiger partial charge is 0.506 e. The first kappa shape index (κ1) is 13.2. The van der Waals surface area contributed by atoms with E-state index in [-0.39, 0.29) is 17.2 Å². The van der Waals surface area contributed by atoms with E-state index in [1.54, 1.807) is 17.0 Å². The molecule has 1 aliphatic rings. The fourth-order valence-electron chi connectivity index (χ4n) is 2.52. The molecule has 5 heteroatoms. The number of halogens is 1. The number of phenolic OH excluding ortho intramolecular Hbond substituents is 1. The Labute approximate surface area is 122 Å². The zero-order valence-electron chi connectivity index (χ0n) is 10.9. The predicted molar refractivity (Wildman–Crippen MR) is 79.4 cm³/mol. The van der Waals surface area contributed by atoms with Crippen LogP contribution in [0, 0.1) is 0 Å². The quantitative estimate of drug-likeness (QED) is 0.847. The van der Waals surface area contributed by atoms with Gasteiger partial charge in [-0.1, -0.05) is 35.9 Å². The number of benzene rings is 2. The van der Waals surface area contributed by atoms with Crippen molar-refractivity contribution >= 4 is 28.3 Å². The minimum Gasteiger partial charge on any atom is -0.506 e. The van der Waals surface area contributed by atoms with Crippen LogP contribution in [0.5, 0.6) is 5.75 Å². The molecule has 2 N–H and O–H groups in total. The molecule has 3 rings (SSSR count). The number of aromatic hydroxyl groups is 1. The predicted octanol–water partition coefficient (Wildman–Crippen LogP) is 2.24. The van der Waals surface area contributed by atoms with Crippen LogP contribution in [0.1, 0.15) is 10.4 Å². The molecule has 0 unspecified atom stereocenters. The van der Waals surface area contributed by atoms with Crippen LogP contribution >= 0.6 is 11.6 Å². The van der Waals surface area contributed by atoms with Gasteiger partial charge < -0.3 is 15.3 Å². The lowest BCUT2D eigenvalue weighted by molar-refractivity contribution is 0.0733. The molecule has 2 aromatic carbocycles. The van der Waals surface area contributed by atoms with Crippen molar-refractivity contribution in [3.63, 3.8) is 0 Å². The van der Waals surface area contributed by atoms with E-state index in [1.165, 1.54) is 0 Å². The van der Waals surface area contributed by atoms with Gasteiger partial charge in [0.15, 0.2) is 0 Å². The standard InChI is InChI=1S/C15H15ClN2O2/c16-13-9-12(15(20)18-7-5-17-6-8-18)14(19)11-4-2-1-3-10(11)13/h1-4,9,17,19H,5-8H2. The fraction of sp³-hybridized carbons (Fsp3) is 0.267. The normalized spacial score (nSPS) is 15.6. The molecule has 20 heavy (non-hydrogen) atoms. The van der Waals surface area contributed by atoms with E-state index in [2.05, 4.69) is 5.32 Å². The third kappa shape index (κ3) is 2.21. The highest BCUT2D eigenvalue weighted by atomic mass is 35.5. The van der Waals surface area contributed by atoms with Crippen LogP contribution in [-0.4, -0.2) is 42.1 Å². The second kappa shape index (κ2) is 5.31. The van der Waals surface area contributed by atoms with Gasteiger partial charge >= 0.3 is 0 Å². The van der Waals surface area contributed by atoms with Gasteiger partial charge in [0, 0.05) is 42.0 Å². The maximum absolute atomic E-state index is 12.5. The molecule has 2 aromatic rings. The van der Waals surface area contributed by atoms with Gasteiger partial charge in [0.1, 0.15) is 5.75 Å². The summed E-state index contributed by atoms with van der Waals surface area (Å²) < 4.78 is 0. The molecule has 0 saturated carbocycles. The first-order valence-electron chi connectivity index (χ1n) is 6.58. The Bertz CT molecular complexity index is 666. The van der Waals surface area contributed by atoms with Crippen LogP contribution in [0.15, 0.2) is 30.3 Å². The van der Waals surface area contributed by atoms with Gasteiger partial charge in [0.2, 0.25) is 0 Å². The Morgan fingerprint density at radius 2 is 1.85 bits per heavy atom. The molecule has 0 aliphatic carbocycles. The Morgan fingerprint density at radius 1 is 1.20 bits per heavy atom. The number of carbonyl (C=O) groups is 1. The first-order chi connectivity index (χ1) is 9.68. The highest BCUT2D eigenvalue weighted by Gasteiger charge is 2.22. The van der Waals surface area contributed by atoms with E-state index < -0.39 is 0 Å². The summed E-state index contributed by atoms with van der Waals surface area (Å²) in [6, 6.07) is 8.83. The van der Waals surface area contributed by atoms with Crippen molar-refractivity contribution in [1.29, 1.82) is 0 Å². The van der Waals surface area contributed by atoms with E-state index in [0.717, 1.165) is 18.5 Å². The number of nitrogens with zero attached hydrogens (tertiary/aromatic N) is 1. The van der Waals surface area contributed by atoms with Crippen LogP contribution in [0.2, 0.25) is 5.02 Å². The Kier molecular flexibility index (Phi) is 3.51. The van der Waals surface area contributed by atoms with Gasteiger partial charge in [-0.2, -0.15) is 0 Å².